The van der Waals surface area contributed by atoms with Crippen molar-refractivity contribution in [3.63, 3.8) is 0 Å². The summed E-state index contributed by atoms with van der Waals surface area (Å²) in [5.41, 5.74) is 0.482. The number of alkyl halides is 1. The van der Waals surface area contributed by atoms with Crippen molar-refractivity contribution >= 4 is 6.03 Å². The van der Waals surface area contributed by atoms with Crippen molar-refractivity contribution in [2.75, 3.05) is 13.2 Å². The first-order valence-corrected chi connectivity index (χ1v) is 6.52. The zero-order chi connectivity index (χ0) is 12.7. The summed E-state index contributed by atoms with van der Waals surface area (Å²) in [5.74, 6) is 0.707. The molecule has 2 saturated carbocycles. The number of urea groups is 1. The molecule has 3 nitrogen and oxygen atoms in total. The number of amides is 2. The standard InChI is InChI=1S/C13H23FN2O/c1-12(2)9-4-5-13(12,3)10(8-9)16-11(17)15-7-6-14/h9-10H,4-8H2,1-3H3,(H2,15,16,17)/t9-,10+,13-/m0/s1. The van der Waals surface area contributed by atoms with Crippen LogP contribution < -0.4 is 10.6 Å². The molecule has 17 heavy (non-hydrogen) atoms. The third kappa shape index (κ3) is 1.81. The Bertz CT molecular complexity index is 319. The molecule has 0 heterocycles. The summed E-state index contributed by atoms with van der Waals surface area (Å²) in [5, 5.41) is 5.56. The fourth-order valence-electron chi connectivity index (χ4n) is 3.79. The Morgan fingerprint density at radius 3 is 2.59 bits per heavy atom. The van der Waals surface area contributed by atoms with Gasteiger partial charge in [-0.3, -0.25) is 0 Å². The largest absolute Gasteiger partial charge is 0.336 e. The lowest BCUT2D eigenvalue weighted by atomic mass is 9.69. The molecular weight excluding hydrogens is 219 g/mol. The Balaban J connectivity index is 1.98. The summed E-state index contributed by atoms with van der Waals surface area (Å²) in [6.45, 7) is 6.49. The van der Waals surface area contributed by atoms with E-state index in [-0.39, 0.29) is 24.0 Å². The van der Waals surface area contributed by atoms with Gasteiger partial charge < -0.3 is 10.6 Å². The predicted octanol–water partition coefficient (Wildman–Crippen LogP) is 2.47. The molecule has 0 unspecified atom stereocenters. The van der Waals surface area contributed by atoms with Crippen LogP contribution in [0.15, 0.2) is 0 Å². The van der Waals surface area contributed by atoms with Crippen LogP contribution in [0.2, 0.25) is 0 Å². The lowest BCUT2D eigenvalue weighted by Gasteiger charge is -2.39. The fraction of sp³-hybridized carbons (Fsp3) is 0.923. The SMILES string of the molecule is CC1(C)[C@H]2CC[C@@]1(C)[C@H](NC(=O)NCCF)C2. The van der Waals surface area contributed by atoms with Crippen LogP contribution in [0.1, 0.15) is 40.0 Å². The lowest BCUT2D eigenvalue weighted by Crippen LogP contribution is -2.50. The van der Waals surface area contributed by atoms with Crippen molar-refractivity contribution in [1.82, 2.24) is 10.6 Å². The summed E-state index contributed by atoms with van der Waals surface area (Å²) in [6.07, 6.45) is 3.51. The van der Waals surface area contributed by atoms with Gasteiger partial charge in [0.2, 0.25) is 0 Å². The molecule has 0 aromatic heterocycles. The van der Waals surface area contributed by atoms with Gasteiger partial charge >= 0.3 is 6.03 Å². The maximum atomic E-state index is 12.0. The number of fused-ring (bicyclic) bond motifs is 2. The molecule has 2 amide bonds. The van der Waals surface area contributed by atoms with Gasteiger partial charge in [-0.15, -0.1) is 0 Å². The summed E-state index contributed by atoms with van der Waals surface area (Å²) < 4.78 is 12.0. The average molecular weight is 242 g/mol. The average Bonchev–Trinajstić information content (AvgIpc) is 2.59. The van der Waals surface area contributed by atoms with Crippen molar-refractivity contribution in [2.24, 2.45) is 16.7 Å². The van der Waals surface area contributed by atoms with Gasteiger partial charge in [-0.1, -0.05) is 20.8 Å². The molecule has 0 aromatic rings. The van der Waals surface area contributed by atoms with E-state index in [9.17, 15) is 9.18 Å². The number of halogens is 1. The van der Waals surface area contributed by atoms with Crippen molar-refractivity contribution in [1.29, 1.82) is 0 Å². The number of carbonyl (C=O) groups is 1. The second-order valence-electron chi connectivity index (χ2n) is 6.25. The highest BCUT2D eigenvalue weighted by Crippen LogP contribution is 2.65. The van der Waals surface area contributed by atoms with Gasteiger partial charge in [-0.25, -0.2) is 9.18 Å². The maximum absolute atomic E-state index is 12.0. The van der Waals surface area contributed by atoms with Gasteiger partial charge in [-0.05, 0) is 36.0 Å². The molecule has 2 aliphatic carbocycles. The third-order valence-corrected chi connectivity index (χ3v) is 5.48. The maximum Gasteiger partial charge on any atom is 0.315 e. The van der Waals surface area contributed by atoms with Crippen LogP contribution in [-0.4, -0.2) is 25.3 Å². The molecule has 2 fully saturated rings. The smallest absolute Gasteiger partial charge is 0.315 e. The molecule has 2 N–H and O–H groups in total. The van der Waals surface area contributed by atoms with Crippen molar-refractivity contribution in [3.05, 3.63) is 0 Å². The first-order valence-electron chi connectivity index (χ1n) is 6.52. The Kier molecular flexibility index (Phi) is 3.08. The van der Waals surface area contributed by atoms with Crippen molar-refractivity contribution in [2.45, 2.75) is 46.1 Å². The molecular formula is C13H23FN2O. The van der Waals surface area contributed by atoms with Gasteiger partial charge in [0, 0.05) is 12.6 Å². The van der Waals surface area contributed by atoms with E-state index in [0.717, 1.165) is 6.42 Å². The zero-order valence-corrected chi connectivity index (χ0v) is 11.0. The predicted molar refractivity (Wildman–Crippen MR) is 65.5 cm³/mol. The molecule has 2 bridgehead atoms. The number of hydrogen-bond acceptors (Lipinski definition) is 1. The molecule has 0 radical (unpaired) electrons. The van der Waals surface area contributed by atoms with E-state index in [1.165, 1.54) is 12.8 Å². The van der Waals surface area contributed by atoms with E-state index in [4.69, 9.17) is 0 Å². The molecule has 0 saturated heterocycles. The monoisotopic (exact) mass is 242 g/mol. The van der Waals surface area contributed by atoms with Gasteiger partial charge in [0.1, 0.15) is 6.67 Å². The summed E-state index contributed by atoms with van der Waals surface area (Å²) in [7, 11) is 0. The van der Waals surface area contributed by atoms with Gasteiger partial charge in [0.05, 0.1) is 0 Å². The van der Waals surface area contributed by atoms with E-state index < -0.39 is 6.67 Å². The molecule has 4 heteroatoms. The summed E-state index contributed by atoms with van der Waals surface area (Å²) in [4.78, 5) is 11.6. The quantitative estimate of drug-likeness (QED) is 0.784. The van der Waals surface area contributed by atoms with E-state index in [0.29, 0.717) is 11.3 Å². The van der Waals surface area contributed by atoms with Crippen LogP contribution in [-0.2, 0) is 0 Å². The van der Waals surface area contributed by atoms with E-state index in [1.54, 1.807) is 0 Å². The zero-order valence-electron chi connectivity index (χ0n) is 11.0. The van der Waals surface area contributed by atoms with Crippen LogP contribution in [0.25, 0.3) is 0 Å². The first-order chi connectivity index (χ1) is 7.91. The molecule has 0 spiro atoms. The Labute approximate surface area is 103 Å². The molecule has 98 valence electrons. The minimum Gasteiger partial charge on any atom is -0.336 e. The minimum absolute atomic E-state index is 0.0993. The number of hydrogen-bond donors (Lipinski definition) is 2. The van der Waals surface area contributed by atoms with Gasteiger partial charge in [-0.2, -0.15) is 0 Å². The highest BCUT2D eigenvalue weighted by molar-refractivity contribution is 5.74. The minimum atomic E-state index is -0.510. The van der Waals surface area contributed by atoms with Crippen molar-refractivity contribution in [3.8, 4) is 0 Å². The molecule has 3 atom stereocenters. The van der Waals surface area contributed by atoms with Crippen LogP contribution >= 0.6 is 0 Å². The van der Waals surface area contributed by atoms with Crippen LogP contribution in [0.4, 0.5) is 9.18 Å². The molecule has 0 aromatic carbocycles. The summed E-state index contributed by atoms with van der Waals surface area (Å²) in [6, 6.07) is 0.00749. The third-order valence-electron chi connectivity index (χ3n) is 5.48. The first kappa shape index (κ1) is 12.7. The number of nitrogens with one attached hydrogen (secondary N) is 2. The lowest BCUT2D eigenvalue weighted by molar-refractivity contribution is 0.123. The highest BCUT2D eigenvalue weighted by atomic mass is 19.1. The topological polar surface area (TPSA) is 41.1 Å². The second-order valence-corrected chi connectivity index (χ2v) is 6.25. The van der Waals surface area contributed by atoms with E-state index >= 15 is 0 Å². The van der Waals surface area contributed by atoms with Crippen LogP contribution in [0, 0.1) is 16.7 Å². The Morgan fingerprint density at radius 2 is 2.12 bits per heavy atom. The highest BCUT2D eigenvalue weighted by Gasteiger charge is 2.61. The van der Waals surface area contributed by atoms with Crippen molar-refractivity contribution < 1.29 is 9.18 Å². The van der Waals surface area contributed by atoms with E-state index in [1.807, 2.05) is 0 Å². The Morgan fingerprint density at radius 1 is 1.41 bits per heavy atom. The fourth-order valence-corrected chi connectivity index (χ4v) is 3.79. The Hall–Kier alpha value is -0.800. The van der Waals surface area contributed by atoms with E-state index in [2.05, 4.69) is 31.4 Å². The molecule has 0 aliphatic heterocycles. The molecule has 2 rings (SSSR count). The normalized spacial score (nSPS) is 38.1. The van der Waals surface area contributed by atoms with Gasteiger partial charge in [0.15, 0.2) is 0 Å². The molecule has 2 aliphatic rings. The second kappa shape index (κ2) is 4.14. The number of rotatable bonds is 3. The van der Waals surface area contributed by atoms with Crippen LogP contribution in [0.5, 0.6) is 0 Å². The van der Waals surface area contributed by atoms with Crippen LogP contribution in [0.3, 0.4) is 0 Å². The number of carbonyl (C=O) groups excluding carboxylic acids is 1. The summed E-state index contributed by atoms with van der Waals surface area (Å²) >= 11 is 0. The van der Waals surface area contributed by atoms with Gasteiger partial charge in [0.25, 0.3) is 0 Å².